The molecule has 3 saturated carbocycles. The second kappa shape index (κ2) is 2.37. The largest absolute Gasteiger partial charge is 0.0992 e. The Hall–Kier alpha value is -0.260. The summed E-state index contributed by atoms with van der Waals surface area (Å²) in [7, 11) is 0. The summed E-state index contributed by atoms with van der Waals surface area (Å²) in [5, 5.41) is 0. The summed E-state index contributed by atoms with van der Waals surface area (Å²) >= 11 is 0. The first-order valence-corrected chi connectivity index (χ1v) is 5.56. The maximum absolute atomic E-state index is 4.21. The van der Waals surface area contributed by atoms with Gasteiger partial charge in [0.2, 0.25) is 0 Å². The van der Waals surface area contributed by atoms with Crippen molar-refractivity contribution in [3.8, 4) is 0 Å². The summed E-state index contributed by atoms with van der Waals surface area (Å²) in [6.07, 6.45) is 9.04. The third kappa shape index (κ3) is 0.841. The smallest absolute Gasteiger partial charge is 0.0106 e. The molecule has 0 nitrogen and oxygen atoms in total. The Labute approximate surface area is 75.0 Å². The van der Waals surface area contributed by atoms with Crippen molar-refractivity contribution in [2.45, 2.75) is 38.5 Å². The van der Waals surface area contributed by atoms with Gasteiger partial charge in [-0.15, -0.1) is 0 Å². The molecule has 0 spiro atoms. The molecular weight excluding hydrogens is 144 g/mol. The second-order valence-corrected chi connectivity index (χ2v) is 4.99. The molecule has 0 radical (unpaired) electrons. The van der Waals surface area contributed by atoms with Gasteiger partial charge in [0.05, 0.1) is 0 Å². The zero-order valence-corrected chi connectivity index (χ0v) is 7.76. The molecule has 12 heavy (non-hydrogen) atoms. The fourth-order valence-electron chi connectivity index (χ4n) is 3.84. The van der Waals surface area contributed by atoms with Crippen LogP contribution in [0.5, 0.6) is 0 Å². The van der Waals surface area contributed by atoms with Crippen LogP contribution in [-0.4, -0.2) is 0 Å². The van der Waals surface area contributed by atoms with Crippen LogP contribution >= 0.6 is 0 Å². The van der Waals surface area contributed by atoms with Crippen LogP contribution in [0.1, 0.15) is 38.5 Å². The summed E-state index contributed by atoms with van der Waals surface area (Å²) in [6.45, 7) is 4.21. The fraction of sp³-hybridized carbons (Fsp3) is 0.833. The van der Waals surface area contributed by atoms with Crippen molar-refractivity contribution in [3.05, 3.63) is 12.2 Å². The molecule has 0 aromatic heterocycles. The van der Waals surface area contributed by atoms with E-state index in [-0.39, 0.29) is 0 Å². The van der Waals surface area contributed by atoms with Crippen molar-refractivity contribution in [3.63, 3.8) is 0 Å². The van der Waals surface area contributed by atoms with Crippen molar-refractivity contribution >= 4 is 0 Å². The molecule has 0 bridgehead atoms. The minimum absolute atomic E-state index is 0.970. The Balaban J connectivity index is 1.85. The first-order valence-electron chi connectivity index (χ1n) is 5.56. The lowest BCUT2D eigenvalue weighted by molar-refractivity contribution is 0.344. The number of allylic oxidation sites excluding steroid dienone is 1. The number of fused-ring (bicyclic) bond motifs is 3. The highest BCUT2D eigenvalue weighted by Crippen LogP contribution is 2.60. The fourth-order valence-corrected chi connectivity index (χ4v) is 3.84. The molecule has 3 rings (SSSR count). The Kier molecular flexibility index (Phi) is 1.42. The minimum Gasteiger partial charge on any atom is -0.0992 e. The molecule has 0 N–H and O–H groups in total. The average Bonchev–Trinajstić information content (AvgIpc) is 2.52. The molecule has 3 aliphatic carbocycles. The van der Waals surface area contributed by atoms with Crippen LogP contribution in [0.15, 0.2) is 12.2 Å². The van der Waals surface area contributed by atoms with Crippen molar-refractivity contribution in [2.24, 2.45) is 23.7 Å². The molecule has 0 amide bonds. The van der Waals surface area contributed by atoms with Crippen LogP contribution in [0.2, 0.25) is 0 Å². The van der Waals surface area contributed by atoms with Crippen molar-refractivity contribution in [2.75, 3.05) is 0 Å². The van der Waals surface area contributed by atoms with Crippen LogP contribution in [0, 0.1) is 23.7 Å². The van der Waals surface area contributed by atoms with Crippen LogP contribution in [0.4, 0.5) is 0 Å². The van der Waals surface area contributed by atoms with E-state index >= 15 is 0 Å². The Morgan fingerprint density at radius 3 is 2.58 bits per heavy atom. The van der Waals surface area contributed by atoms with Crippen LogP contribution in [0.3, 0.4) is 0 Å². The molecule has 4 unspecified atom stereocenters. The highest BCUT2D eigenvalue weighted by Gasteiger charge is 2.51. The molecule has 0 saturated heterocycles. The maximum Gasteiger partial charge on any atom is -0.0106 e. The van der Waals surface area contributed by atoms with E-state index in [1.54, 1.807) is 5.57 Å². The minimum atomic E-state index is 0.970. The van der Waals surface area contributed by atoms with E-state index < -0.39 is 0 Å². The van der Waals surface area contributed by atoms with Gasteiger partial charge in [0.25, 0.3) is 0 Å². The molecule has 0 aromatic carbocycles. The SMILES string of the molecule is C=C1C2CCCC3CCCC3C12. The van der Waals surface area contributed by atoms with E-state index in [1.807, 2.05) is 0 Å². The van der Waals surface area contributed by atoms with Gasteiger partial charge < -0.3 is 0 Å². The summed E-state index contributed by atoms with van der Waals surface area (Å²) in [6, 6.07) is 0. The highest BCUT2D eigenvalue weighted by atomic mass is 14.6. The quantitative estimate of drug-likeness (QED) is 0.479. The second-order valence-electron chi connectivity index (χ2n) is 4.99. The molecule has 66 valence electrons. The van der Waals surface area contributed by atoms with Crippen molar-refractivity contribution in [1.82, 2.24) is 0 Å². The zero-order chi connectivity index (χ0) is 8.13. The van der Waals surface area contributed by atoms with Crippen LogP contribution in [0.25, 0.3) is 0 Å². The lowest BCUT2D eigenvalue weighted by atomic mass is 9.89. The topological polar surface area (TPSA) is 0 Å². The monoisotopic (exact) mass is 162 g/mol. The van der Waals surface area contributed by atoms with E-state index in [0.717, 1.165) is 23.7 Å². The maximum atomic E-state index is 4.21. The standard InChI is InChI=1S/C12H18/c1-8-10-6-2-4-9-5-3-7-11(9)12(8)10/h9-12H,1-7H2. The van der Waals surface area contributed by atoms with Gasteiger partial charge in [-0.1, -0.05) is 37.8 Å². The normalized spacial score (nSPS) is 51.2. The van der Waals surface area contributed by atoms with Gasteiger partial charge >= 0.3 is 0 Å². The molecule has 4 atom stereocenters. The van der Waals surface area contributed by atoms with E-state index in [1.165, 1.54) is 38.5 Å². The lowest BCUT2D eigenvalue weighted by Crippen LogP contribution is -2.08. The third-order valence-electron chi connectivity index (χ3n) is 4.50. The predicted molar refractivity (Wildman–Crippen MR) is 50.8 cm³/mol. The van der Waals surface area contributed by atoms with Gasteiger partial charge in [-0.2, -0.15) is 0 Å². The van der Waals surface area contributed by atoms with E-state index in [2.05, 4.69) is 6.58 Å². The van der Waals surface area contributed by atoms with Gasteiger partial charge in [0, 0.05) is 0 Å². The molecule has 3 fully saturated rings. The highest BCUT2D eigenvalue weighted by molar-refractivity contribution is 5.29. The number of hydrogen-bond donors (Lipinski definition) is 0. The average molecular weight is 162 g/mol. The number of rotatable bonds is 0. The van der Waals surface area contributed by atoms with Gasteiger partial charge in [-0.05, 0) is 36.5 Å². The van der Waals surface area contributed by atoms with Crippen LogP contribution in [-0.2, 0) is 0 Å². The summed E-state index contributed by atoms with van der Waals surface area (Å²) in [5.74, 6) is 4.13. The van der Waals surface area contributed by atoms with Crippen LogP contribution < -0.4 is 0 Å². The summed E-state index contributed by atoms with van der Waals surface area (Å²) in [4.78, 5) is 0. The Morgan fingerprint density at radius 1 is 1.00 bits per heavy atom. The Morgan fingerprint density at radius 2 is 1.75 bits per heavy atom. The van der Waals surface area contributed by atoms with Crippen molar-refractivity contribution < 1.29 is 0 Å². The number of hydrogen-bond acceptors (Lipinski definition) is 0. The third-order valence-corrected chi connectivity index (χ3v) is 4.50. The summed E-state index contributed by atoms with van der Waals surface area (Å²) < 4.78 is 0. The Bertz CT molecular complexity index is 216. The zero-order valence-electron chi connectivity index (χ0n) is 7.76. The molecule has 0 aliphatic heterocycles. The molecule has 0 heteroatoms. The van der Waals surface area contributed by atoms with Crippen molar-refractivity contribution in [1.29, 1.82) is 0 Å². The lowest BCUT2D eigenvalue weighted by Gasteiger charge is -2.16. The molecule has 0 aromatic rings. The van der Waals surface area contributed by atoms with Gasteiger partial charge in [-0.25, -0.2) is 0 Å². The predicted octanol–water partition coefficient (Wildman–Crippen LogP) is 3.39. The van der Waals surface area contributed by atoms with E-state index in [9.17, 15) is 0 Å². The van der Waals surface area contributed by atoms with Gasteiger partial charge in [-0.3, -0.25) is 0 Å². The van der Waals surface area contributed by atoms with Gasteiger partial charge in [0.1, 0.15) is 0 Å². The molecule has 0 heterocycles. The van der Waals surface area contributed by atoms with E-state index in [0.29, 0.717) is 0 Å². The first-order chi connectivity index (χ1) is 5.88. The van der Waals surface area contributed by atoms with Gasteiger partial charge in [0.15, 0.2) is 0 Å². The van der Waals surface area contributed by atoms with E-state index in [4.69, 9.17) is 0 Å². The summed E-state index contributed by atoms with van der Waals surface area (Å²) in [5.41, 5.74) is 1.62. The molecule has 3 aliphatic rings. The first kappa shape index (κ1) is 7.17. The molecular formula is C12H18.